The number of benzene rings is 1. The predicted octanol–water partition coefficient (Wildman–Crippen LogP) is 4.09. The summed E-state index contributed by atoms with van der Waals surface area (Å²) in [5.74, 6) is 0.717. The van der Waals surface area contributed by atoms with Crippen LogP contribution in [0.15, 0.2) is 42.6 Å². The fourth-order valence-corrected chi connectivity index (χ4v) is 4.34. The number of aromatic nitrogens is 4. The number of phenols is 1. The van der Waals surface area contributed by atoms with Gasteiger partial charge in [-0.25, -0.2) is 4.98 Å². The van der Waals surface area contributed by atoms with Gasteiger partial charge < -0.3 is 10.0 Å². The van der Waals surface area contributed by atoms with Crippen molar-refractivity contribution in [2.24, 2.45) is 7.05 Å². The van der Waals surface area contributed by atoms with E-state index in [4.69, 9.17) is 9.97 Å². The monoisotopic (exact) mass is 387 g/mol. The second kappa shape index (κ2) is 7.12. The smallest absolute Gasteiger partial charge is 0.127 e. The number of pyridine rings is 2. The Bertz CT molecular complexity index is 1190. The van der Waals surface area contributed by atoms with Crippen LogP contribution < -0.4 is 0 Å². The van der Waals surface area contributed by atoms with Crippen molar-refractivity contribution in [2.45, 2.75) is 25.7 Å². The van der Waals surface area contributed by atoms with E-state index in [2.05, 4.69) is 29.1 Å². The third-order valence-electron chi connectivity index (χ3n) is 6.03. The lowest BCUT2D eigenvalue weighted by Gasteiger charge is -2.30. The zero-order valence-corrected chi connectivity index (χ0v) is 16.8. The van der Waals surface area contributed by atoms with Gasteiger partial charge in [-0.15, -0.1) is 0 Å². The number of hydrogen-bond acceptors (Lipinski definition) is 5. The van der Waals surface area contributed by atoms with Gasteiger partial charge in [0, 0.05) is 41.9 Å². The lowest BCUT2D eigenvalue weighted by atomic mass is 9.93. The molecular formula is C23H25N5O. The number of piperidine rings is 1. The maximum atomic E-state index is 10.5. The Balaban J connectivity index is 1.47. The molecule has 4 aromatic rings. The first-order valence-corrected chi connectivity index (χ1v) is 10.3. The molecule has 0 unspecified atom stereocenters. The van der Waals surface area contributed by atoms with E-state index in [9.17, 15) is 5.11 Å². The van der Waals surface area contributed by atoms with E-state index in [1.807, 2.05) is 31.4 Å². The molecule has 29 heavy (non-hydrogen) atoms. The molecule has 0 spiro atoms. The fourth-order valence-electron chi connectivity index (χ4n) is 4.34. The van der Waals surface area contributed by atoms with Crippen LogP contribution in [0, 0.1) is 0 Å². The summed E-state index contributed by atoms with van der Waals surface area (Å²) >= 11 is 0. The van der Waals surface area contributed by atoms with Crippen LogP contribution in [0.25, 0.3) is 33.2 Å². The molecule has 3 aromatic heterocycles. The van der Waals surface area contributed by atoms with Crippen LogP contribution in [0.3, 0.4) is 0 Å². The Morgan fingerprint density at radius 1 is 1.00 bits per heavy atom. The topological polar surface area (TPSA) is 67.1 Å². The van der Waals surface area contributed by atoms with Crippen molar-refractivity contribution in [1.29, 1.82) is 0 Å². The third-order valence-corrected chi connectivity index (χ3v) is 6.03. The number of aryl methyl sites for hydroxylation is 1. The van der Waals surface area contributed by atoms with Gasteiger partial charge in [0.15, 0.2) is 0 Å². The highest BCUT2D eigenvalue weighted by Crippen LogP contribution is 2.33. The Morgan fingerprint density at radius 3 is 2.55 bits per heavy atom. The minimum Gasteiger partial charge on any atom is -0.507 e. The molecule has 0 radical (unpaired) electrons. The maximum absolute atomic E-state index is 10.5. The number of hydrogen-bond donors (Lipinski definition) is 1. The molecule has 1 aliphatic heterocycles. The van der Waals surface area contributed by atoms with Crippen molar-refractivity contribution >= 4 is 21.9 Å². The van der Waals surface area contributed by atoms with Crippen molar-refractivity contribution in [3.63, 3.8) is 0 Å². The normalized spacial score (nSPS) is 16.1. The average molecular weight is 387 g/mol. The summed E-state index contributed by atoms with van der Waals surface area (Å²) < 4.78 is 1.75. The molecule has 1 N–H and O–H groups in total. The maximum Gasteiger partial charge on any atom is 0.127 e. The van der Waals surface area contributed by atoms with Crippen molar-refractivity contribution in [3.05, 3.63) is 48.3 Å². The van der Waals surface area contributed by atoms with E-state index in [0.717, 1.165) is 60.1 Å². The van der Waals surface area contributed by atoms with Crippen molar-refractivity contribution in [3.8, 4) is 17.0 Å². The highest BCUT2D eigenvalue weighted by Gasteiger charge is 2.21. The van der Waals surface area contributed by atoms with E-state index in [0.29, 0.717) is 11.5 Å². The Hall–Kier alpha value is -2.99. The fraction of sp³-hybridized carbons (Fsp3) is 0.348. The summed E-state index contributed by atoms with van der Waals surface area (Å²) in [5.41, 5.74) is 5.15. The van der Waals surface area contributed by atoms with Crippen LogP contribution in [0.4, 0.5) is 0 Å². The van der Waals surface area contributed by atoms with Crippen molar-refractivity contribution in [2.75, 3.05) is 19.6 Å². The summed E-state index contributed by atoms with van der Waals surface area (Å²) in [6.07, 6.45) is 4.27. The summed E-state index contributed by atoms with van der Waals surface area (Å²) in [6.45, 7) is 5.65. The molecule has 0 saturated carbocycles. The van der Waals surface area contributed by atoms with Gasteiger partial charge in [-0.05, 0) is 62.8 Å². The SMILES string of the molecule is CCN1CCC(c2ccc3nc(-c4cc5cn(C)nc5cc4O)ccc3n2)CC1. The van der Waals surface area contributed by atoms with Gasteiger partial charge in [0.25, 0.3) is 0 Å². The van der Waals surface area contributed by atoms with Gasteiger partial charge in [0.2, 0.25) is 0 Å². The molecule has 6 nitrogen and oxygen atoms in total. The van der Waals surface area contributed by atoms with Gasteiger partial charge in [-0.2, -0.15) is 5.10 Å². The first-order valence-electron chi connectivity index (χ1n) is 10.3. The van der Waals surface area contributed by atoms with Crippen LogP contribution in [0.5, 0.6) is 5.75 Å². The minimum absolute atomic E-state index is 0.190. The van der Waals surface area contributed by atoms with Gasteiger partial charge in [0.1, 0.15) is 5.75 Å². The number of fused-ring (bicyclic) bond motifs is 2. The predicted molar refractivity (Wildman–Crippen MR) is 115 cm³/mol. The van der Waals surface area contributed by atoms with Crippen LogP contribution in [0.1, 0.15) is 31.4 Å². The molecular weight excluding hydrogens is 362 g/mol. The summed E-state index contributed by atoms with van der Waals surface area (Å²) in [4.78, 5) is 12.2. The molecule has 4 heterocycles. The molecule has 1 aliphatic rings. The second-order valence-corrected chi connectivity index (χ2v) is 7.91. The number of phenolic OH excluding ortho intramolecular Hbond substituents is 1. The second-order valence-electron chi connectivity index (χ2n) is 7.91. The van der Waals surface area contributed by atoms with E-state index in [1.165, 1.54) is 5.69 Å². The third kappa shape index (κ3) is 3.34. The largest absolute Gasteiger partial charge is 0.507 e. The van der Waals surface area contributed by atoms with E-state index >= 15 is 0 Å². The molecule has 148 valence electrons. The molecule has 0 bridgehead atoms. The first-order chi connectivity index (χ1) is 14.1. The summed E-state index contributed by atoms with van der Waals surface area (Å²) in [6, 6.07) is 11.8. The van der Waals surface area contributed by atoms with Crippen LogP contribution >= 0.6 is 0 Å². The Kier molecular flexibility index (Phi) is 4.43. The summed E-state index contributed by atoms with van der Waals surface area (Å²) in [7, 11) is 1.88. The van der Waals surface area contributed by atoms with Gasteiger partial charge in [0.05, 0.1) is 22.2 Å². The Morgan fingerprint density at radius 2 is 1.76 bits per heavy atom. The molecule has 0 amide bonds. The lowest BCUT2D eigenvalue weighted by Crippen LogP contribution is -2.32. The standard InChI is InChI=1S/C23H25N5O/c1-3-28-10-8-15(9-11-28)18-4-6-21-20(24-18)7-5-19(25-21)17-12-16-14-27(2)26-22(16)13-23(17)29/h4-7,12-15,29H,3,8-11H2,1-2H3. The number of aromatic hydroxyl groups is 1. The van der Waals surface area contributed by atoms with E-state index in [1.54, 1.807) is 10.7 Å². The highest BCUT2D eigenvalue weighted by molar-refractivity contribution is 5.88. The molecule has 0 aliphatic carbocycles. The molecule has 1 aromatic carbocycles. The highest BCUT2D eigenvalue weighted by atomic mass is 16.3. The molecule has 5 rings (SSSR count). The van der Waals surface area contributed by atoms with Crippen molar-refractivity contribution < 1.29 is 5.11 Å². The Labute approximate surface area is 169 Å². The first kappa shape index (κ1) is 18.1. The van der Waals surface area contributed by atoms with Crippen LogP contribution in [-0.2, 0) is 7.05 Å². The van der Waals surface area contributed by atoms with Gasteiger partial charge >= 0.3 is 0 Å². The molecule has 0 atom stereocenters. The molecule has 6 heteroatoms. The molecule has 1 saturated heterocycles. The van der Waals surface area contributed by atoms with Crippen LogP contribution in [0.2, 0.25) is 0 Å². The van der Waals surface area contributed by atoms with E-state index < -0.39 is 0 Å². The van der Waals surface area contributed by atoms with Crippen molar-refractivity contribution in [1.82, 2.24) is 24.6 Å². The lowest BCUT2D eigenvalue weighted by molar-refractivity contribution is 0.221. The quantitative estimate of drug-likeness (QED) is 0.573. The number of likely N-dealkylation sites (tertiary alicyclic amines) is 1. The average Bonchev–Trinajstić information content (AvgIpc) is 3.11. The van der Waals surface area contributed by atoms with Crippen LogP contribution in [-0.4, -0.2) is 49.4 Å². The molecule has 1 fully saturated rings. The number of nitrogens with zero attached hydrogens (tertiary/aromatic N) is 5. The van der Waals surface area contributed by atoms with Gasteiger partial charge in [-0.1, -0.05) is 6.92 Å². The van der Waals surface area contributed by atoms with Gasteiger partial charge in [-0.3, -0.25) is 9.67 Å². The number of rotatable bonds is 3. The van der Waals surface area contributed by atoms with E-state index in [-0.39, 0.29) is 5.75 Å². The zero-order chi connectivity index (χ0) is 20.0. The zero-order valence-electron chi connectivity index (χ0n) is 16.8. The minimum atomic E-state index is 0.190. The summed E-state index contributed by atoms with van der Waals surface area (Å²) in [5, 5.41) is 15.8.